The normalized spacial score (nSPS) is 12.9. The number of hydrogen-bond acceptors (Lipinski definition) is 2. The van der Waals surface area contributed by atoms with Crippen molar-refractivity contribution in [2.45, 2.75) is 17.7 Å². The third-order valence-corrected chi connectivity index (χ3v) is 2.85. The van der Waals surface area contributed by atoms with Gasteiger partial charge in [-0.1, -0.05) is 13.0 Å². The summed E-state index contributed by atoms with van der Waals surface area (Å²) < 4.78 is 13.1. The monoisotopic (exact) mass is 199 g/mol. The van der Waals surface area contributed by atoms with Crippen LogP contribution in [-0.4, -0.2) is 12.8 Å². The van der Waals surface area contributed by atoms with Crippen LogP contribution in [0, 0.1) is 5.82 Å². The average molecular weight is 199 g/mol. The van der Waals surface area contributed by atoms with Crippen LogP contribution in [0.3, 0.4) is 0 Å². The van der Waals surface area contributed by atoms with Gasteiger partial charge in [0.15, 0.2) is 0 Å². The Hall–Kier alpha value is -0.540. The molecule has 1 rings (SSSR count). The minimum absolute atomic E-state index is 0.152. The van der Waals surface area contributed by atoms with Crippen molar-refractivity contribution in [2.24, 2.45) is 5.73 Å². The number of halogens is 1. The van der Waals surface area contributed by atoms with E-state index >= 15 is 0 Å². The van der Waals surface area contributed by atoms with E-state index in [0.717, 1.165) is 5.56 Å². The molecule has 2 N–H and O–H groups in total. The van der Waals surface area contributed by atoms with Crippen LogP contribution in [0.15, 0.2) is 23.1 Å². The Bertz CT molecular complexity index is 288. The van der Waals surface area contributed by atoms with E-state index in [1.165, 1.54) is 17.8 Å². The lowest BCUT2D eigenvalue weighted by Crippen LogP contribution is -2.08. The van der Waals surface area contributed by atoms with E-state index in [-0.39, 0.29) is 5.82 Å². The van der Waals surface area contributed by atoms with Gasteiger partial charge in [0.25, 0.3) is 0 Å². The van der Waals surface area contributed by atoms with Crippen molar-refractivity contribution in [3.63, 3.8) is 0 Å². The molecule has 0 aliphatic carbocycles. The third kappa shape index (κ3) is 2.45. The van der Waals surface area contributed by atoms with Gasteiger partial charge in [0.05, 0.1) is 0 Å². The van der Waals surface area contributed by atoms with Gasteiger partial charge < -0.3 is 5.73 Å². The minimum atomic E-state index is -0.152. The highest BCUT2D eigenvalue weighted by atomic mass is 32.2. The van der Waals surface area contributed by atoms with E-state index in [4.69, 9.17) is 5.73 Å². The van der Waals surface area contributed by atoms with Gasteiger partial charge in [-0.25, -0.2) is 4.39 Å². The first-order chi connectivity index (χ1) is 6.19. The Labute approximate surface area is 82.5 Å². The summed E-state index contributed by atoms with van der Waals surface area (Å²) in [6.07, 6.45) is 1.87. The highest BCUT2D eigenvalue weighted by molar-refractivity contribution is 7.98. The summed E-state index contributed by atoms with van der Waals surface area (Å²) in [6.45, 7) is 2.64. The summed E-state index contributed by atoms with van der Waals surface area (Å²) in [5.41, 5.74) is 6.64. The first-order valence-electron chi connectivity index (χ1n) is 4.22. The summed E-state index contributed by atoms with van der Waals surface area (Å²) in [7, 11) is 0. The fraction of sp³-hybridized carbons (Fsp3) is 0.400. The van der Waals surface area contributed by atoms with Crippen LogP contribution in [0.25, 0.3) is 0 Å². The van der Waals surface area contributed by atoms with Crippen LogP contribution in [0.4, 0.5) is 4.39 Å². The van der Waals surface area contributed by atoms with Crippen LogP contribution >= 0.6 is 11.8 Å². The SMILES string of the molecule is CSc1cc(C(C)CN)ccc1F. The lowest BCUT2D eigenvalue weighted by Gasteiger charge is -2.10. The van der Waals surface area contributed by atoms with Crippen LogP contribution in [0.5, 0.6) is 0 Å². The smallest absolute Gasteiger partial charge is 0.136 e. The van der Waals surface area contributed by atoms with E-state index in [2.05, 4.69) is 0 Å². The molecule has 1 aromatic carbocycles. The molecular weight excluding hydrogens is 185 g/mol. The van der Waals surface area contributed by atoms with Crippen molar-refractivity contribution >= 4 is 11.8 Å². The Balaban J connectivity index is 2.99. The van der Waals surface area contributed by atoms with Gasteiger partial charge in [-0.05, 0) is 36.4 Å². The Morgan fingerprint density at radius 1 is 1.54 bits per heavy atom. The molecule has 0 fully saturated rings. The number of hydrogen-bond donors (Lipinski definition) is 1. The zero-order chi connectivity index (χ0) is 9.84. The summed E-state index contributed by atoms with van der Waals surface area (Å²) in [5, 5.41) is 0. The molecule has 1 aromatic rings. The fourth-order valence-corrected chi connectivity index (χ4v) is 1.64. The van der Waals surface area contributed by atoms with E-state index in [0.29, 0.717) is 17.4 Å². The minimum Gasteiger partial charge on any atom is -0.330 e. The molecule has 0 bridgehead atoms. The Morgan fingerprint density at radius 2 is 2.23 bits per heavy atom. The van der Waals surface area contributed by atoms with Gasteiger partial charge in [-0.2, -0.15) is 0 Å². The lowest BCUT2D eigenvalue weighted by atomic mass is 10.0. The number of thioether (sulfide) groups is 1. The Kier molecular flexibility index (Phi) is 3.75. The molecule has 13 heavy (non-hydrogen) atoms. The van der Waals surface area contributed by atoms with E-state index in [9.17, 15) is 4.39 Å². The van der Waals surface area contributed by atoms with Crippen molar-refractivity contribution < 1.29 is 4.39 Å². The molecule has 1 unspecified atom stereocenters. The van der Waals surface area contributed by atoms with Crippen LogP contribution in [0.2, 0.25) is 0 Å². The van der Waals surface area contributed by atoms with Crippen LogP contribution in [-0.2, 0) is 0 Å². The molecule has 0 saturated heterocycles. The molecule has 0 heterocycles. The molecule has 0 spiro atoms. The number of benzene rings is 1. The maximum Gasteiger partial charge on any atom is 0.136 e. The van der Waals surface area contributed by atoms with Gasteiger partial charge in [-0.3, -0.25) is 0 Å². The molecule has 1 atom stereocenters. The van der Waals surface area contributed by atoms with Crippen molar-refractivity contribution in [2.75, 3.05) is 12.8 Å². The molecule has 0 saturated carbocycles. The predicted molar refractivity (Wildman–Crippen MR) is 55.7 cm³/mol. The fourth-order valence-electron chi connectivity index (χ4n) is 1.12. The van der Waals surface area contributed by atoms with Gasteiger partial charge in [-0.15, -0.1) is 11.8 Å². The van der Waals surface area contributed by atoms with Crippen molar-refractivity contribution in [1.29, 1.82) is 0 Å². The standard InChI is InChI=1S/C10H14FNS/c1-7(6-12)8-3-4-9(11)10(5-8)13-2/h3-5,7H,6,12H2,1-2H3. The first-order valence-corrected chi connectivity index (χ1v) is 5.45. The maximum absolute atomic E-state index is 13.1. The van der Waals surface area contributed by atoms with Crippen molar-refractivity contribution in [3.05, 3.63) is 29.6 Å². The number of nitrogens with two attached hydrogens (primary N) is 1. The third-order valence-electron chi connectivity index (χ3n) is 2.10. The molecule has 0 aromatic heterocycles. The maximum atomic E-state index is 13.1. The molecule has 1 nitrogen and oxygen atoms in total. The summed E-state index contributed by atoms with van der Waals surface area (Å²) >= 11 is 1.42. The number of rotatable bonds is 3. The van der Waals surface area contributed by atoms with E-state index < -0.39 is 0 Å². The summed E-state index contributed by atoms with van der Waals surface area (Å²) in [6, 6.07) is 5.18. The zero-order valence-corrected chi connectivity index (χ0v) is 8.70. The van der Waals surface area contributed by atoms with Crippen molar-refractivity contribution in [3.8, 4) is 0 Å². The second-order valence-corrected chi connectivity index (χ2v) is 3.88. The molecule has 3 heteroatoms. The van der Waals surface area contributed by atoms with Crippen LogP contribution < -0.4 is 5.73 Å². The molecule has 0 aliphatic rings. The molecule has 0 radical (unpaired) electrons. The zero-order valence-electron chi connectivity index (χ0n) is 7.88. The molecule has 0 aliphatic heterocycles. The quantitative estimate of drug-likeness (QED) is 0.757. The highest BCUT2D eigenvalue weighted by Crippen LogP contribution is 2.24. The second kappa shape index (κ2) is 4.63. The van der Waals surface area contributed by atoms with Gasteiger partial charge in [0.1, 0.15) is 5.82 Å². The largest absolute Gasteiger partial charge is 0.330 e. The molecular formula is C10H14FNS. The summed E-state index contributed by atoms with van der Waals surface area (Å²) in [5.74, 6) is 0.145. The van der Waals surface area contributed by atoms with E-state index in [1.807, 2.05) is 19.2 Å². The second-order valence-electron chi connectivity index (χ2n) is 3.03. The average Bonchev–Trinajstić information content (AvgIpc) is 2.17. The predicted octanol–water partition coefficient (Wildman–Crippen LogP) is 2.61. The van der Waals surface area contributed by atoms with Gasteiger partial charge >= 0.3 is 0 Å². The lowest BCUT2D eigenvalue weighted by molar-refractivity contribution is 0.599. The first kappa shape index (κ1) is 10.5. The van der Waals surface area contributed by atoms with Crippen LogP contribution in [0.1, 0.15) is 18.4 Å². The molecule has 72 valence electrons. The highest BCUT2D eigenvalue weighted by Gasteiger charge is 2.06. The topological polar surface area (TPSA) is 26.0 Å². The van der Waals surface area contributed by atoms with Crippen molar-refractivity contribution in [1.82, 2.24) is 0 Å². The van der Waals surface area contributed by atoms with Gasteiger partial charge in [0.2, 0.25) is 0 Å². The summed E-state index contributed by atoms with van der Waals surface area (Å²) in [4.78, 5) is 0.692. The van der Waals surface area contributed by atoms with E-state index in [1.54, 1.807) is 6.07 Å². The molecule has 0 amide bonds. The Morgan fingerprint density at radius 3 is 2.77 bits per heavy atom. The van der Waals surface area contributed by atoms with Gasteiger partial charge in [0, 0.05) is 4.90 Å².